The third-order valence-corrected chi connectivity index (χ3v) is 1.40. The second kappa shape index (κ2) is 1.83. The van der Waals surface area contributed by atoms with Crippen molar-refractivity contribution >= 4 is 11.9 Å². The summed E-state index contributed by atoms with van der Waals surface area (Å²) < 4.78 is 0. The standard InChI is InChI=1S/C6H7NO3/c1-6(5(9)10)3-2-4(8)7-6/h2-3H,1H3,(H,7,8)(H,9,10). The largest absolute Gasteiger partial charge is 0.479 e. The number of carbonyl (C=O) groups excluding carboxylic acids is 1. The topological polar surface area (TPSA) is 66.4 Å². The van der Waals surface area contributed by atoms with Crippen LogP contribution in [-0.4, -0.2) is 22.5 Å². The van der Waals surface area contributed by atoms with E-state index in [2.05, 4.69) is 5.32 Å². The first-order chi connectivity index (χ1) is 4.54. The minimum atomic E-state index is -1.20. The van der Waals surface area contributed by atoms with E-state index in [1.165, 1.54) is 19.1 Å². The molecule has 0 aliphatic carbocycles. The predicted octanol–water partition coefficient (Wildman–Crippen LogP) is -0.484. The quantitative estimate of drug-likeness (QED) is 0.518. The molecule has 0 fully saturated rings. The maximum atomic E-state index is 10.5. The molecule has 1 aliphatic heterocycles. The van der Waals surface area contributed by atoms with Gasteiger partial charge in [0.2, 0.25) is 5.91 Å². The van der Waals surface area contributed by atoms with E-state index in [4.69, 9.17) is 5.11 Å². The van der Waals surface area contributed by atoms with Crippen LogP contribution < -0.4 is 5.32 Å². The molecule has 0 aromatic carbocycles. The highest BCUT2D eigenvalue weighted by atomic mass is 16.4. The monoisotopic (exact) mass is 141 g/mol. The molecule has 0 radical (unpaired) electrons. The van der Waals surface area contributed by atoms with Crippen LogP contribution in [0.5, 0.6) is 0 Å². The Kier molecular flexibility index (Phi) is 1.24. The van der Waals surface area contributed by atoms with E-state index in [1.54, 1.807) is 0 Å². The van der Waals surface area contributed by atoms with Crippen LogP contribution in [0.25, 0.3) is 0 Å². The summed E-state index contributed by atoms with van der Waals surface area (Å²) in [5, 5.41) is 10.8. The van der Waals surface area contributed by atoms with Gasteiger partial charge >= 0.3 is 5.97 Å². The van der Waals surface area contributed by atoms with E-state index in [1.807, 2.05) is 0 Å². The van der Waals surface area contributed by atoms with Gasteiger partial charge in [-0.15, -0.1) is 0 Å². The molecule has 4 nitrogen and oxygen atoms in total. The van der Waals surface area contributed by atoms with Gasteiger partial charge in [0.1, 0.15) is 0 Å². The number of aliphatic carboxylic acids is 1. The molecule has 0 aromatic rings. The van der Waals surface area contributed by atoms with Gasteiger partial charge in [-0.1, -0.05) is 0 Å². The lowest BCUT2D eigenvalue weighted by atomic mass is 10.1. The van der Waals surface area contributed by atoms with Crippen molar-refractivity contribution in [2.45, 2.75) is 12.5 Å². The Hall–Kier alpha value is -1.32. The van der Waals surface area contributed by atoms with Crippen molar-refractivity contribution in [3.05, 3.63) is 12.2 Å². The number of nitrogens with one attached hydrogen (secondary N) is 1. The average Bonchev–Trinajstić information content (AvgIpc) is 2.13. The summed E-state index contributed by atoms with van der Waals surface area (Å²) in [6.45, 7) is 1.43. The van der Waals surface area contributed by atoms with Gasteiger partial charge in [0.15, 0.2) is 5.54 Å². The van der Waals surface area contributed by atoms with Gasteiger partial charge in [0.25, 0.3) is 0 Å². The van der Waals surface area contributed by atoms with Crippen molar-refractivity contribution in [1.29, 1.82) is 0 Å². The fourth-order valence-electron chi connectivity index (χ4n) is 0.706. The zero-order chi connectivity index (χ0) is 7.78. The molecule has 0 saturated carbocycles. The summed E-state index contributed by atoms with van der Waals surface area (Å²) in [6.07, 6.45) is 2.55. The lowest BCUT2D eigenvalue weighted by Gasteiger charge is -2.15. The van der Waals surface area contributed by atoms with E-state index >= 15 is 0 Å². The molecule has 0 bridgehead atoms. The number of hydrogen-bond donors (Lipinski definition) is 2. The molecule has 1 rings (SSSR count). The molecule has 54 valence electrons. The molecule has 1 aliphatic rings. The van der Waals surface area contributed by atoms with E-state index in [9.17, 15) is 9.59 Å². The summed E-state index contributed by atoms with van der Waals surface area (Å²) in [6, 6.07) is 0. The summed E-state index contributed by atoms with van der Waals surface area (Å²) in [4.78, 5) is 20.9. The molecule has 10 heavy (non-hydrogen) atoms. The van der Waals surface area contributed by atoms with E-state index in [-0.39, 0.29) is 5.91 Å². The number of carboxylic acid groups (broad SMARTS) is 1. The third-order valence-electron chi connectivity index (χ3n) is 1.40. The predicted molar refractivity (Wildman–Crippen MR) is 33.3 cm³/mol. The van der Waals surface area contributed by atoms with Crippen molar-refractivity contribution < 1.29 is 14.7 Å². The highest BCUT2D eigenvalue weighted by Crippen LogP contribution is 2.10. The lowest BCUT2D eigenvalue weighted by molar-refractivity contribution is -0.143. The Morgan fingerprint density at radius 2 is 2.40 bits per heavy atom. The fraction of sp³-hybridized carbons (Fsp3) is 0.333. The molecule has 0 spiro atoms. The first-order valence-electron chi connectivity index (χ1n) is 2.79. The highest BCUT2D eigenvalue weighted by molar-refractivity contribution is 5.98. The van der Waals surface area contributed by atoms with Crippen molar-refractivity contribution in [2.24, 2.45) is 0 Å². The Labute approximate surface area is 57.5 Å². The SMILES string of the molecule is CC1(C(=O)O)C=CC(=O)N1. The van der Waals surface area contributed by atoms with Crippen LogP contribution in [0, 0.1) is 0 Å². The van der Waals surface area contributed by atoms with Gasteiger partial charge < -0.3 is 10.4 Å². The van der Waals surface area contributed by atoms with Crippen LogP contribution in [0.15, 0.2) is 12.2 Å². The first kappa shape index (κ1) is 6.80. The smallest absolute Gasteiger partial charge is 0.333 e. The van der Waals surface area contributed by atoms with Gasteiger partial charge in [-0.3, -0.25) is 4.79 Å². The van der Waals surface area contributed by atoms with E-state index in [0.717, 1.165) is 0 Å². The maximum Gasteiger partial charge on any atom is 0.333 e. The van der Waals surface area contributed by atoms with Crippen molar-refractivity contribution in [3.8, 4) is 0 Å². The Morgan fingerprint density at radius 3 is 2.60 bits per heavy atom. The molecule has 2 N–H and O–H groups in total. The number of amides is 1. The van der Waals surface area contributed by atoms with Crippen molar-refractivity contribution in [2.75, 3.05) is 0 Å². The fourth-order valence-corrected chi connectivity index (χ4v) is 0.706. The minimum Gasteiger partial charge on any atom is -0.479 e. The summed E-state index contributed by atoms with van der Waals surface area (Å²) >= 11 is 0. The number of carbonyl (C=O) groups is 2. The number of rotatable bonds is 1. The zero-order valence-electron chi connectivity index (χ0n) is 5.42. The molecule has 0 saturated heterocycles. The minimum absolute atomic E-state index is 0.357. The van der Waals surface area contributed by atoms with Crippen LogP contribution in [0.4, 0.5) is 0 Å². The molecule has 1 amide bonds. The average molecular weight is 141 g/mol. The van der Waals surface area contributed by atoms with E-state index < -0.39 is 11.5 Å². The van der Waals surface area contributed by atoms with Crippen LogP contribution in [0.1, 0.15) is 6.92 Å². The number of carboxylic acids is 1. The summed E-state index contributed by atoms with van der Waals surface area (Å²) in [5.74, 6) is -1.40. The van der Waals surface area contributed by atoms with E-state index in [0.29, 0.717) is 0 Å². The van der Waals surface area contributed by atoms with Crippen LogP contribution >= 0.6 is 0 Å². The van der Waals surface area contributed by atoms with Crippen molar-refractivity contribution in [3.63, 3.8) is 0 Å². The molecular formula is C6H7NO3. The molecule has 1 heterocycles. The Bertz CT molecular complexity index is 221. The summed E-state index contributed by atoms with van der Waals surface area (Å²) in [7, 11) is 0. The second-order valence-corrected chi connectivity index (χ2v) is 2.33. The van der Waals surface area contributed by atoms with Crippen LogP contribution in [0.2, 0.25) is 0 Å². The Morgan fingerprint density at radius 1 is 1.80 bits per heavy atom. The normalized spacial score (nSPS) is 30.3. The Balaban J connectivity index is 2.84. The lowest BCUT2D eigenvalue weighted by Crippen LogP contribution is -2.46. The van der Waals surface area contributed by atoms with Gasteiger partial charge in [0.05, 0.1) is 0 Å². The molecule has 4 heteroatoms. The van der Waals surface area contributed by atoms with Gasteiger partial charge in [-0.25, -0.2) is 4.79 Å². The second-order valence-electron chi connectivity index (χ2n) is 2.33. The number of hydrogen-bond acceptors (Lipinski definition) is 2. The van der Waals surface area contributed by atoms with Crippen LogP contribution in [0.3, 0.4) is 0 Å². The van der Waals surface area contributed by atoms with Gasteiger partial charge in [-0.05, 0) is 13.0 Å². The van der Waals surface area contributed by atoms with Crippen molar-refractivity contribution in [1.82, 2.24) is 5.32 Å². The molecule has 1 atom stereocenters. The van der Waals surface area contributed by atoms with Gasteiger partial charge in [0, 0.05) is 6.08 Å². The molecule has 0 aromatic heterocycles. The van der Waals surface area contributed by atoms with Gasteiger partial charge in [-0.2, -0.15) is 0 Å². The zero-order valence-corrected chi connectivity index (χ0v) is 5.42. The highest BCUT2D eigenvalue weighted by Gasteiger charge is 2.35. The summed E-state index contributed by atoms with van der Waals surface area (Å²) in [5.41, 5.74) is -1.20. The molecule has 1 unspecified atom stereocenters. The van der Waals surface area contributed by atoms with Crippen LogP contribution in [-0.2, 0) is 9.59 Å². The first-order valence-corrected chi connectivity index (χ1v) is 2.79. The maximum absolute atomic E-state index is 10.5. The third kappa shape index (κ3) is 0.877. The molecular weight excluding hydrogens is 134 g/mol.